The number of thioether (sulfide) groups is 1. The van der Waals surface area contributed by atoms with Crippen LogP contribution in [0.1, 0.15) is 28.8 Å². The number of benzene rings is 1. The van der Waals surface area contributed by atoms with E-state index in [0.29, 0.717) is 16.4 Å². The molecule has 1 aliphatic carbocycles. The van der Waals surface area contributed by atoms with Gasteiger partial charge in [0.2, 0.25) is 5.91 Å². The number of hydrogen-bond acceptors (Lipinski definition) is 6. The van der Waals surface area contributed by atoms with Gasteiger partial charge in [0.25, 0.3) is 5.56 Å². The second-order valence-corrected chi connectivity index (χ2v) is 8.34. The molecule has 2 heterocycles. The molecule has 27 heavy (non-hydrogen) atoms. The maximum atomic E-state index is 12.5. The van der Waals surface area contributed by atoms with E-state index in [4.69, 9.17) is 5.26 Å². The van der Waals surface area contributed by atoms with Gasteiger partial charge in [0, 0.05) is 10.6 Å². The fourth-order valence-electron chi connectivity index (χ4n) is 3.17. The minimum absolute atomic E-state index is 0.116. The number of nitrogens with zero attached hydrogens (tertiary/aromatic N) is 2. The first-order valence-corrected chi connectivity index (χ1v) is 10.4. The molecule has 2 N–H and O–H groups in total. The number of carbonyl (C=O) groups is 1. The number of amides is 1. The minimum Gasteiger partial charge on any atom is -0.325 e. The number of anilines is 1. The van der Waals surface area contributed by atoms with Crippen LogP contribution in [0.5, 0.6) is 0 Å². The van der Waals surface area contributed by atoms with Gasteiger partial charge in [-0.15, -0.1) is 11.3 Å². The lowest BCUT2D eigenvalue weighted by Gasteiger charge is -2.09. The average molecular weight is 396 g/mol. The van der Waals surface area contributed by atoms with E-state index >= 15 is 0 Å². The number of aromatic amines is 1. The van der Waals surface area contributed by atoms with Crippen molar-refractivity contribution >= 4 is 44.9 Å². The second kappa shape index (κ2) is 7.55. The third-order valence-corrected chi connectivity index (χ3v) is 6.50. The number of thiophene rings is 1. The van der Waals surface area contributed by atoms with Crippen LogP contribution >= 0.6 is 23.1 Å². The summed E-state index contributed by atoms with van der Waals surface area (Å²) in [5, 5.41) is 12.7. The summed E-state index contributed by atoms with van der Waals surface area (Å²) in [7, 11) is 0. The first kappa shape index (κ1) is 17.8. The molecule has 136 valence electrons. The summed E-state index contributed by atoms with van der Waals surface area (Å²) in [5.41, 5.74) is 2.21. The van der Waals surface area contributed by atoms with Crippen LogP contribution in [0.25, 0.3) is 10.2 Å². The Kier molecular flexibility index (Phi) is 4.97. The second-order valence-electron chi connectivity index (χ2n) is 6.29. The molecule has 1 amide bonds. The number of rotatable bonds is 4. The van der Waals surface area contributed by atoms with Gasteiger partial charge in [-0.2, -0.15) is 5.26 Å². The zero-order chi connectivity index (χ0) is 18.8. The summed E-state index contributed by atoms with van der Waals surface area (Å²) in [6, 6.07) is 8.70. The van der Waals surface area contributed by atoms with Gasteiger partial charge in [0.15, 0.2) is 5.16 Å². The van der Waals surface area contributed by atoms with Crippen LogP contribution < -0.4 is 10.9 Å². The Bertz CT molecular complexity index is 1110. The van der Waals surface area contributed by atoms with Crippen molar-refractivity contribution < 1.29 is 4.79 Å². The molecule has 4 rings (SSSR count). The maximum Gasteiger partial charge on any atom is 0.260 e. The zero-order valence-electron chi connectivity index (χ0n) is 14.4. The lowest BCUT2D eigenvalue weighted by molar-refractivity contribution is -0.113. The van der Waals surface area contributed by atoms with Crippen molar-refractivity contribution in [3.8, 4) is 6.07 Å². The molecular weight excluding hydrogens is 380 g/mol. The summed E-state index contributed by atoms with van der Waals surface area (Å²) < 4.78 is 0. The molecular formula is C19H16N4O2S2. The highest BCUT2D eigenvalue weighted by molar-refractivity contribution is 7.99. The minimum atomic E-state index is -0.196. The highest BCUT2D eigenvalue weighted by Crippen LogP contribution is 2.34. The van der Waals surface area contributed by atoms with Crippen molar-refractivity contribution in [2.24, 2.45) is 0 Å². The van der Waals surface area contributed by atoms with E-state index in [9.17, 15) is 9.59 Å². The summed E-state index contributed by atoms with van der Waals surface area (Å²) in [6.07, 6.45) is 4.24. The van der Waals surface area contributed by atoms with E-state index in [1.165, 1.54) is 16.6 Å². The van der Waals surface area contributed by atoms with Crippen LogP contribution in [0.15, 0.2) is 34.2 Å². The Balaban J connectivity index is 1.46. The third-order valence-electron chi connectivity index (χ3n) is 4.44. The van der Waals surface area contributed by atoms with Gasteiger partial charge in [-0.05, 0) is 55.5 Å². The smallest absolute Gasteiger partial charge is 0.260 e. The van der Waals surface area contributed by atoms with Crippen LogP contribution in [-0.4, -0.2) is 21.6 Å². The van der Waals surface area contributed by atoms with Crippen LogP contribution in [0, 0.1) is 11.3 Å². The first-order valence-electron chi connectivity index (χ1n) is 8.61. The molecule has 0 radical (unpaired) electrons. The molecule has 0 aliphatic heterocycles. The summed E-state index contributed by atoms with van der Waals surface area (Å²) in [5.74, 6) is -0.0579. The van der Waals surface area contributed by atoms with Crippen molar-refractivity contribution in [3.05, 3.63) is 50.6 Å². The Morgan fingerprint density at radius 1 is 1.30 bits per heavy atom. The molecule has 6 nitrogen and oxygen atoms in total. The molecule has 2 aromatic heterocycles. The topological polar surface area (TPSA) is 98.6 Å². The van der Waals surface area contributed by atoms with E-state index in [0.717, 1.165) is 41.5 Å². The highest BCUT2D eigenvalue weighted by Gasteiger charge is 2.20. The van der Waals surface area contributed by atoms with E-state index in [-0.39, 0.29) is 17.2 Å². The van der Waals surface area contributed by atoms with Crippen LogP contribution in [0.2, 0.25) is 0 Å². The van der Waals surface area contributed by atoms with E-state index in [1.807, 2.05) is 6.07 Å². The molecule has 0 saturated heterocycles. The van der Waals surface area contributed by atoms with Crippen molar-refractivity contribution in [1.82, 2.24) is 9.97 Å². The fraction of sp³-hybridized carbons (Fsp3) is 0.263. The SMILES string of the molecule is N#Cc1ccc(NC(=O)CSc2nc3sc4c(c3c(=O)[nH]2)CCCC4)cc1. The molecule has 0 spiro atoms. The van der Waals surface area contributed by atoms with E-state index in [1.54, 1.807) is 35.6 Å². The lowest BCUT2D eigenvalue weighted by atomic mass is 9.97. The van der Waals surface area contributed by atoms with Crippen LogP contribution in [0.3, 0.4) is 0 Å². The summed E-state index contributed by atoms with van der Waals surface area (Å²) in [4.78, 5) is 34.0. The Morgan fingerprint density at radius 3 is 2.85 bits per heavy atom. The monoisotopic (exact) mass is 396 g/mol. The van der Waals surface area contributed by atoms with Crippen molar-refractivity contribution in [2.75, 3.05) is 11.1 Å². The maximum absolute atomic E-state index is 12.5. The van der Waals surface area contributed by atoms with Crippen molar-refractivity contribution in [2.45, 2.75) is 30.8 Å². The first-order chi connectivity index (χ1) is 13.1. The number of fused-ring (bicyclic) bond motifs is 3. The largest absolute Gasteiger partial charge is 0.325 e. The standard InChI is InChI=1S/C19H16N4O2S2/c20-9-11-5-7-12(8-6-11)21-15(24)10-26-19-22-17(25)16-13-3-1-2-4-14(13)27-18(16)23-19/h5-8H,1-4,10H2,(H,21,24)(H,22,23,25). The zero-order valence-corrected chi connectivity index (χ0v) is 16.0. The Labute approximate surface area is 163 Å². The summed E-state index contributed by atoms with van der Waals surface area (Å²) in [6.45, 7) is 0. The average Bonchev–Trinajstić information content (AvgIpc) is 3.06. The number of aryl methyl sites for hydroxylation is 2. The molecule has 8 heteroatoms. The highest BCUT2D eigenvalue weighted by atomic mass is 32.2. The van der Waals surface area contributed by atoms with Crippen molar-refractivity contribution in [3.63, 3.8) is 0 Å². The molecule has 3 aromatic rings. The molecule has 0 saturated carbocycles. The van der Waals surface area contributed by atoms with Crippen LogP contribution in [0.4, 0.5) is 5.69 Å². The van der Waals surface area contributed by atoms with Gasteiger partial charge >= 0.3 is 0 Å². The van der Waals surface area contributed by atoms with Crippen molar-refractivity contribution in [1.29, 1.82) is 5.26 Å². The van der Waals surface area contributed by atoms with Gasteiger partial charge < -0.3 is 10.3 Å². The normalized spacial score (nSPS) is 13.1. The lowest BCUT2D eigenvalue weighted by Crippen LogP contribution is -2.15. The van der Waals surface area contributed by atoms with Crippen LogP contribution in [-0.2, 0) is 17.6 Å². The predicted octanol–water partition coefficient (Wildman–Crippen LogP) is 3.47. The van der Waals surface area contributed by atoms with E-state index in [2.05, 4.69) is 15.3 Å². The van der Waals surface area contributed by atoms with Gasteiger partial charge in [-0.25, -0.2) is 4.98 Å². The molecule has 1 aliphatic rings. The molecule has 0 fully saturated rings. The number of carbonyl (C=O) groups excluding carboxylic acids is 1. The molecule has 0 atom stereocenters. The van der Waals surface area contributed by atoms with Gasteiger partial charge in [0.1, 0.15) is 4.83 Å². The molecule has 1 aromatic carbocycles. The number of H-pyrrole nitrogens is 1. The molecule has 0 bridgehead atoms. The summed E-state index contributed by atoms with van der Waals surface area (Å²) >= 11 is 2.80. The fourth-order valence-corrected chi connectivity index (χ4v) is 5.15. The number of nitriles is 1. The number of hydrogen-bond donors (Lipinski definition) is 2. The Hall–Kier alpha value is -2.63. The third kappa shape index (κ3) is 3.75. The van der Waals surface area contributed by atoms with Gasteiger partial charge in [-0.3, -0.25) is 9.59 Å². The number of nitrogens with one attached hydrogen (secondary N) is 2. The van der Waals surface area contributed by atoms with Gasteiger partial charge in [-0.1, -0.05) is 11.8 Å². The molecule has 0 unspecified atom stereocenters. The quantitative estimate of drug-likeness (QED) is 0.520. The predicted molar refractivity (Wildman–Crippen MR) is 107 cm³/mol. The Morgan fingerprint density at radius 2 is 2.07 bits per heavy atom. The number of aromatic nitrogens is 2. The van der Waals surface area contributed by atoms with E-state index < -0.39 is 0 Å². The van der Waals surface area contributed by atoms with Gasteiger partial charge in [0.05, 0.1) is 22.8 Å².